The second-order valence-corrected chi connectivity index (χ2v) is 6.37. The molecule has 1 heterocycles. The van der Waals surface area contributed by atoms with Crippen LogP contribution in [0.2, 0.25) is 0 Å². The van der Waals surface area contributed by atoms with E-state index in [1.165, 1.54) is 0 Å². The highest BCUT2D eigenvalue weighted by Crippen LogP contribution is 2.25. The van der Waals surface area contributed by atoms with Crippen molar-refractivity contribution in [3.8, 4) is 5.75 Å². The van der Waals surface area contributed by atoms with Crippen LogP contribution in [0.15, 0.2) is 24.3 Å². The lowest BCUT2D eigenvalue weighted by Gasteiger charge is -2.28. The number of ether oxygens (including phenoxy) is 1. The molecule has 4 N–H and O–H groups in total. The summed E-state index contributed by atoms with van der Waals surface area (Å²) >= 11 is 0. The molecule has 23 heavy (non-hydrogen) atoms. The van der Waals surface area contributed by atoms with Crippen LogP contribution < -0.4 is 15.4 Å². The van der Waals surface area contributed by atoms with E-state index in [9.17, 15) is 15.0 Å². The van der Waals surface area contributed by atoms with Crippen molar-refractivity contribution in [2.24, 2.45) is 0 Å². The van der Waals surface area contributed by atoms with Gasteiger partial charge in [0.05, 0.1) is 18.2 Å². The number of aliphatic hydroxyl groups is 2. The molecule has 1 aliphatic carbocycles. The van der Waals surface area contributed by atoms with Gasteiger partial charge in [-0.2, -0.15) is 0 Å². The molecule has 1 aromatic rings. The van der Waals surface area contributed by atoms with Crippen LogP contribution in [0.5, 0.6) is 5.75 Å². The fourth-order valence-electron chi connectivity index (χ4n) is 3.15. The number of aliphatic hydroxyl groups excluding tert-OH is 2. The monoisotopic (exact) mass is 320 g/mol. The Labute approximate surface area is 135 Å². The Morgan fingerprint density at radius 2 is 1.91 bits per heavy atom. The molecule has 126 valence electrons. The minimum absolute atomic E-state index is 0.141. The first-order valence-electron chi connectivity index (χ1n) is 8.29. The van der Waals surface area contributed by atoms with Gasteiger partial charge < -0.3 is 25.6 Å². The van der Waals surface area contributed by atoms with E-state index in [0.717, 1.165) is 25.7 Å². The van der Waals surface area contributed by atoms with Gasteiger partial charge in [-0.3, -0.25) is 4.79 Å². The topological polar surface area (TPSA) is 90.8 Å². The highest BCUT2D eigenvalue weighted by Gasteiger charge is 2.28. The van der Waals surface area contributed by atoms with Crippen LogP contribution in [0.1, 0.15) is 32.1 Å². The zero-order valence-electron chi connectivity index (χ0n) is 13.1. The van der Waals surface area contributed by atoms with Crippen LogP contribution in [-0.2, 0) is 4.79 Å². The van der Waals surface area contributed by atoms with Crippen molar-refractivity contribution < 1.29 is 19.7 Å². The van der Waals surface area contributed by atoms with E-state index in [1.54, 1.807) is 24.3 Å². The van der Waals surface area contributed by atoms with Gasteiger partial charge in [-0.15, -0.1) is 0 Å². The molecular weight excluding hydrogens is 296 g/mol. The third-order valence-corrected chi connectivity index (χ3v) is 4.50. The lowest BCUT2D eigenvalue weighted by molar-refractivity contribution is -0.117. The molecule has 1 aliphatic heterocycles. The molecule has 1 amide bonds. The van der Waals surface area contributed by atoms with Crippen molar-refractivity contribution in [3.63, 3.8) is 0 Å². The van der Waals surface area contributed by atoms with Crippen molar-refractivity contribution in [1.29, 1.82) is 0 Å². The summed E-state index contributed by atoms with van der Waals surface area (Å²) in [4.78, 5) is 12.1. The first-order chi connectivity index (χ1) is 11.1. The van der Waals surface area contributed by atoms with Crippen LogP contribution in [0.25, 0.3) is 0 Å². The Hall–Kier alpha value is -1.63. The van der Waals surface area contributed by atoms with Crippen LogP contribution in [-0.4, -0.2) is 47.0 Å². The van der Waals surface area contributed by atoms with Crippen molar-refractivity contribution in [1.82, 2.24) is 5.32 Å². The summed E-state index contributed by atoms with van der Waals surface area (Å²) in [6.07, 6.45) is 3.23. The van der Waals surface area contributed by atoms with E-state index >= 15 is 0 Å². The second kappa shape index (κ2) is 7.29. The SMILES string of the molecule is O=C(Nc1ccc(OC2CCCCC2O)cc1)C1CC(O)CN1. The Bertz CT molecular complexity index is 534. The number of hydrogen-bond donors (Lipinski definition) is 4. The van der Waals surface area contributed by atoms with Crippen molar-refractivity contribution in [2.45, 2.75) is 56.5 Å². The molecule has 4 atom stereocenters. The third-order valence-electron chi connectivity index (χ3n) is 4.50. The average molecular weight is 320 g/mol. The Balaban J connectivity index is 1.53. The predicted molar refractivity (Wildman–Crippen MR) is 86.4 cm³/mol. The zero-order valence-corrected chi connectivity index (χ0v) is 13.1. The molecule has 1 aromatic carbocycles. The second-order valence-electron chi connectivity index (χ2n) is 6.37. The van der Waals surface area contributed by atoms with E-state index in [1.807, 2.05) is 0 Å². The van der Waals surface area contributed by atoms with Gasteiger partial charge in [0, 0.05) is 12.2 Å². The molecule has 2 aliphatic rings. The number of rotatable bonds is 4. The molecule has 6 nitrogen and oxygen atoms in total. The molecule has 2 fully saturated rings. The normalized spacial score (nSPS) is 30.9. The maximum Gasteiger partial charge on any atom is 0.241 e. The first-order valence-corrected chi connectivity index (χ1v) is 8.29. The minimum Gasteiger partial charge on any atom is -0.488 e. The highest BCUT2D eigenvalue weighted by molar-refractivity contribution is 5.95. The number of benzene rings is 1. The first kappa shape index (κ1) is 16.2. The van der Waals surface area contributed by atoms with Crippen LogP contribution in [0.4, 0.5) is 5.69 Å². The summed E-state index contributed by atoms with van der Waals surface area (Å²) < 4.78 is 5.83. The average Bonchev–Trinajstić information content (AvgIpc) is 2.98. The molecule has 1 saturated carbocycles. The molecule has 0 aromatic heterocycles. The summed E-state index contributed by atoms with van der Waals surface area (Å²) in [5.41, 5.74) is 0.690. The lowest BCUT2D eigenvalue weighted by Crippen LogP contribution is -2.35. The maximum absolute atomic E-state index is 12.1. The number of anilines is 1. The molecule has 6 heteroatoms. The maximum atomic E-state index is 12.1. The van der Waals surface area contributed by atoms with Crippen molar-refractivity contribution in [2.75, 3.05) is 11.9 Å². The van der Waals surface area contributed by atoms with E-state index < -0.39 is 12.2 Å². The highest BCUT2D eigenvalue weighted by atomic mass is 16.5. The standard InChI is InChI=1S/C17H24N2O4/c20-12-9-14(18-10-12)17(22)19-11-5-7-13(8-6-11)23-16-4-2-1-3-15(16)21/h5-8,12,14-16,18,20-21H,1-4,9-10H2,(H,19,22). The summed E-state index contributed by atoms with van der Waals surface area (Å²) in [6.45, 7) is 0.453. The van der Waals surface area contributed by atoms with Crippen molar-refractivity contribution >= 4 is 11.6 Å². The zero-order chi connectivity index (χ0) is 16.2. The summed E-state index contributed by atoms with van der Waals surface area (Å²) in [7, 11) is 0. The van der Waals surface area contributed by atoms with Gasteiger partial charge >= 0.3 is 0 Å². The minimum atomic E-state index is -0.455. The van der Waals surface area contributed by atoms with Crippen LogP contribution in [0, 0.1) is 0 Å². The van der Waals surface area contributed by atoms with Crippen LogP contribution >= 0.6 is 0 Å². The van der Waals surface area contributed by atoms with Gasteiger partial charge in [-0.1, -0.05) is 6.42 Å². The summed E-state index contributed by atoms with van der Waals surface area (Å²) in [6, 6.07) is 6.82. The van der Waals surface area contributed by atoms with Gasteiger partial charge in [0.2, 0.25) is 5.91 Å². The van der Waals surface area contributed by atoms with Gasteiger partial charge in [0.15, 0.2) is 0 Å². The summed E-state index contributed by atoms with van der Waals surface area (Å²) in [5, 5.41) is 25.2. The Morgan fingerprint density at radius 3 is 2.57 bits per heavy atom. The van der Waals surface area contributed by atoms with Gasteiger partial charge in [-0.25, -0.2) is 0 Å². The van der Waals surface area contributed by atoms with E-state index in [2.05, 4.69) is 10.6 Å². The summed E-state index contributed by atoms with van der Waals surface area (Å²) in [5.74, 6) is 0.557. The third kappa shape index (κ3) is 4.22. The number of carbonyl (C=O) groups excluding carboxylic acids is 1. The fraction of sp³-hybridized carbons (Fsp3) is 0.588. The van der Waals surface area contributed by atoms with Gasteiger partial charge in [-0.05, 0) is 49.9 Å². The number of hydrogen-bond acceptors (Lipinski definition) is 5. The Morgan fingerprint density at radius 1 is 1.17 bits per heavy atom. The largest absolute Gasteiger partial charge is 0.488 e. The molecule has 0 bridgehead atoms. The van der Waals surface area contributed by atoms with Gasteiger partial charge in [0.25, 0.3) is 0 Å². The number of β-amino-alcohol motifs (C(OH)–C–C–N with tert-alkyl or cyclic N) is 1. The van der Waals surface area contributed by atoms with E-state index in [0.29, 0.717) is 24.4 Å². The Kier molecular flexibility index (Phi) is 5.15. The lowest BCUT2D eigenvalue weighted by atomic mass is 9.95. The molecule has 3 rings (SSSR count). The number of carbonyl (C=O) groups is 1. The van der Waals surface area contributed by atoms with Crippen LogP contribution in [0.3, 0.4) is 0 Å². The van der Waals surface area contributed by atoms with E-state index in [4.69, 9.17) is 4.74 Å². The molecule has 4 unspecified atom stereocenters. The molecule has 0 radical (unpaired) electrons. The van der Waals surface area contributed by atoms with Gasteiger partial charge in [0.1, 0.15) is 11.9 Å². The molecule has 1 saturated heterocycles. The predicted octanol–water partition coefficient (Wildman–Crippen LogP) is 1.03. The van der Waals surface area contributed by atoms with E-state index in [-0.39, 0.29) is 18.1 Å². The fourth-order valence-corrected chi connectivity index (χ4v) is 3.15. The number of amides is 1. The smallest absolute Gasteiger partial charge is 0.241 e. The molecule has 0 spiro atoms. The molecular formula is C17H24N2O4. The quantitative estimate of drug-likeness (QED) is 0.665. The van der Waals surface area contributed by atoms with Crippen molar-refractivity contribution in [3.05, 3.63) is 24.3 Å². The number of nitrogens with one attached hydrogen (secondary N) is 2.